The third-order valence-corrected chi connectivity index (χ3v) is 3.09. The first-order valence-electron chi connectivity index (χ1n) is 7.07. The Kier molecular flexibility index (Phi) is 7.90. The second-order valence-electron chi connectivity index (χ2n) is 4.97. The standard InChI is InChI=1S/C16H24O6/c1-3-4-11-5-12(7-13(19)8-17)16(15(6-11)21-2)22-10-14(20)9-18/h3,5-6,13-14,17-20H,1,4,7-10H2,2H3. The molecule has 0 aromatic heterocycles. The lowest BCUT2D eigenvalue weighted by atomic mass is 10.0. The minimum atomic E-state index is -1.01. The minimum Gasteiger partial charge on any atom is -0.493 e. The van der Waals surface area contributed by atoms with Gasteiger partial charge >= 0.3 is 0 Å². The number of hydrogen-bond donors (Lipinski definition) is 4. The predicted molar refractivity (Wildman–Crippen MR) is 82.3 cm³/mol. The molecule has 0 spiro atoms. The highest BCUT2D eigenvalue weighted by atomic mass is 16.5. The maximum atomic E-state index is 9.69. The Morgan fingerprint density at radius 1 is 1.18 bits per heavy atom. The smallest absolute Gasteiger partial charge is 0.164 e. The molecule has 6 nitrogen and oxygen atoms in total. The molecule has 1 rings (SSSR count). The highest BCUT2D eigenvalue weighted by Gasteiger charge is 2.17. The van der Waals surface area contributed by atoms with E-state index in [2.05, 4.69) is 6.58 Å². The number of aliphatic hydroxyl groups excluding tert-OH is 4. The summed E-state index contributed by atoms with van der Waals surface area (Å²) in [7, 11) is 1.49. The second-order valence-corrected chi connectivity index (χ2v) is 4.97. The monoisotopic (exact) mass is 312 g/mol. The molecule has 0 aliphatic carbocycles. The zero-order valence-corrected chi connectivity index (χ0v) is 12.7. The summed E-state index contributed by atoms with van der Waals surface area (Å²) in [6.45, 7) is 2.81. The van der Waals surface area contributed by atoms with Gasteiger partial charge in [-0.2, -0.15) is 0 Å². The van der Waals surface area contributed by atoms with E-state index in [1.54, 1.807) is 12.1 Å². The molecule has 0 aliphatic rings. The van der Waals surface area contributed by atoms with Gasteiger partial charge < -0.3 is 29.9 Å². The van der Waals surface area contributed by atoms with Crippen LogP contribution in [0.2, 0.25) is 0 Å². The molecule has 6 heteroatoms. The third-order valence-electron chi connectivity index (χ3n) is 3.09. The van der Waals surface area contributed by atoms with E-state index in [1.807, 2.05) is 6.07 Å². The van der Waals surface area contributed by atoms with Crippen molar-refractivity contribution < 1.29 is 29.9 Å². The van der Waals surface area contributed by atoms with E-state index in [9.17, 15) is 10.2 Å². The summed E-state index contributed by atoms with van der Waals surface area (Å²) < 4.78 is 10.8. The minimum absolute atomic E-state index is 0.101. The van der Waals surface area contributed by atoms with Gasteiger partial charge in [-0.15, -0.1) is 6.58 Å². The Morgan fingerprint density at radius 3 is 2.41 bits per heavy atom. The molecule has 0 amide bonds. The van der Waals surface area contributed by atoms with Crippen LogP contribution in [0.3, 0.4) is 0 Å². The van der Waals surface area contributed by atoms with Gasteiger partial charge in [0.05, 0.1) is 26.4 Å². The fraction of sp³-hybridized carbons (Fsp3) is 0.500. The molecule has 0 bridgehead atoms. The first-order valence-corrected chi connectivity index (χ1v) is 7.07. The van der Waals surface area contributed by atoms with Crippen LogP contribution >= 0.6 is 0 Å². The zero-order valence-electron chi connectivity index (χ0n) is 12.7. The molecule has 2 unspecified atom stereocenters. The SMILES string of the molecule is C=CCc1cc(CC(O)CO)c(OCC(O)CO)c(OC)c1. The summed E-state index contributed by atoms with van der Waals surface area (Å²) in [6.07, 6.45) is 0.624. The van der Waals surface area contributed by atoms with Crippen molar-refractivity contribution in [2.24, 2.45) is 0 Å². The van der Waals surface area contributed by atoms with Gasteiger partial charge in [0.15, 0.2) is 11.5 Å². The number of benzene rings is 1. The molecule has 4 N–H and O–H groups in total. The van der Waals surface area contributed by atoms with Crippen LogP contribution in [0.25, 0.3) is 0 Å². The van der Waals surface area contributed by atoms with Crippen LogP contribution in [-0.4, -0.2) is 59.6 Å². The van der Waals surface area contributed by atoms with Crippen LogP contribution in [0.4, 0.5) is 0 Å². The lowest BCUT2D eigenvalue weighted by Gasteiger charge is -2.19. The van der Waals surface area contributed by atoms with E-state index in [4.69, 9.17) is 19.7 Å². The number of hydrogen-bond acceptors (Lipinski definition) is 6. The van der Waals surface area contributed by atoms with Crippen molar-refractivity contribution >= 4 is 0 Å². The molecule has 0 fully saturated rings. The average molecular weight is 312 g/mol. The predicted octanol–water partition coefficient (Wildman–Crippen LogP) is 0.0514. The number of ether oxygens (including phenoxy) is 2. The molecule has 0 saturated heterocycles. The fourth-order valence-corrected chi connectivity index (χ4v) is 2.03. The van der Waals surface area contributed by atoms with Crippen molar-refractivity contribution in [1.29, 1.82) is 0 Å². The van der Waals surface area contributed by atoms with Crippen LogP contribution < -0.4 is 9.47 Å². The van der Waals surface area contributed by atoms with Crippen molar-refractivity contribution in [3.8, 4) is 11.5 Å². The van der Waals surface area contributed by atoms with Crippen molar-refractivity contribution in [2.45, 2.75) is 25.0 Å². The van der Waals surface area contributed by atoms with Gasteiger partial charge in [0, 0.05) is 12.0 Å². The van der Waals surface area contributed by atoms with E-state index in [1.165, 1.54) is 7.11 Å². The van der Waals surface area contributed by atoms with E-state index in [0.717, 1.165) is 5.56 Å². The Labute approximate surface area is 130 Å². The van der Waals surface area contributed by atoms with Crippen LogP contribution in [0.1, 0.15) is 11.1 Å². The molecule has 0 saturated carbocycles. The summed E-state index contributed by atoms with van der Waals surface area (Å²) >= 11 is 0. The van der Waals surface area contributed by atoms with E-state index in [0.29, 0.717) is 23.5 Å². The van der Waals surface area contributed by atoms with Gasteiger partial charge in [-0.3, -0.25) is 0 Å². The van der Waals surface area contributed by atoms with Crippen molar-refractivity contribution in [3.05, 3.63) is 35.9 Å². The summed E-state index contributed by atoms with van der Waals surface area (Å²) in [5.74, 6) is 0.847. The third kappa shape index (κ3) is 5.31. The molecule has 2 atom stereocenters. The number of rotatable bonds is 10. The molecule has 22 heavy (non-hydrogen) atoms. The van der Waals surface area contributed by atoms with E-state index in [-0.39, 0.29) is 19.6 Å². The molecular formula is C16H24O6. The van der Waals surface area contributed by atoms with Gasteiger partial charge in [-0.1, -0.05) is 12.1 Å². The maximum absolute atomic E-state index is 9.69. The summed E-state index contributed by atoms with van der Waals surface area (Å²) in [6, 6.07) is 3.63. The fourth-order valence-electron chi connectivity index (χ4n) is 2.03. The summed E-state index contributed by atoms with van der Waals surface area (Å²) in [5, 5.41) is 37.0. The molecule has 0 radical (unpaired) electrons. The second kappa shape index (κ2) is 9.42. The number of methoxy groups -OCH3 is 1. The highest BCUT2D eigenvalue weighted by molar-refractivity contribution is 5.50. The first-order chi connectivity index (χ1) is 10.5. The molecule has 0 aliphatic heterocycles. The topological polar surface area (TPSA) is 99.4 Å². The van der Waals surface area contributed by atoms with E-state index >= 15 is 0 Å². The summed E-state index contributed by atoms with van der Waals surface area (Å²) in [5.41, 5.74) is 1.59. The Morgan fingerprint density at radius 2 is 1.86 bits per heavy atom. The normalized spacial score (nSPS) is 13.5. The van der Waals surface area contributed by atoms with Crippen LogP contribution in [0, 0.1) is 0 Å². The Bertz CT molecular complexity index is 474. The van der Waals surface area contributed by atoms with Gasteiger partial charge in [0.25, 0.3) is 0 Å². The highest BCUT2D eigenvalue weighted by Crippen LogP contribution is 2.34. The lowest BCUT2D eigenvalue weighted by molar-refractivity contribution is 0.0516. The van der Waals surface area contributed by atoms with Crippen molar-refractivity contribution in [3.63, 3.8) is 0 Å². The quantitative estimate of drug-likeness (QED) is 0.456. The Balaban J connectivity index is 3.13. The molecular weight excluding hydrogens is 288 g/mol. The van der Waals surface area contributed by atoms with Gasteiger partial charge in [0.2, 0.25) is 0 Å². The Hall–Kier alpha value is -1.60. The van der Waals surface area contributed by atoms with Gasteiger partial charge in [0.1, 0.15) is 12.7 Å². The lowest BCUT2D eigenvalue weighted by Crippen LogP contribution is -2.22. The van der Waals surface area contributed by atoms with Gasteiger partial charge in [-0.05, 0) is 18.1 Å². The van der Waals surface area contributed by atoms with Crippen molar-refractivity contribution in [2.75, 3.05) is 26.9 Å². The van der Waals surface area contributed by atoms with Crippen LogP contribution in [0.5, 0.6) is 11.5 Å². The summed E-state index contributed by atoms with van der Waals surface area (Å²) in [4.78, 5) is 0. The molecule has 124 valence electrons. The van der Waals surface area contributed by atoms with Gasteiger partial charge in [-0.25, -0.2) is 0 Å². The zero-order chi connectivity index (χ0) is 16.5. The molecule has 0 heterocycles. The largest absolute Gasteiger partial charge is 0.493 e. The van der Waals surface area contributed by atoms with Crippen molar-refractivity contribution in [1.82, 2.24) is 0 Å². The van der Waals surface area contributed by atoms with E-state index < -0.39 is 18.8 Å². The maximum Gasteiger partial charge on any atom is 0.164 e. The molecule has 1 aromatic carbocycles. The molecule has 1 aromatic rings. The average Bonchev–Trinajstić information content (AvgIpc) is 2.53. The van der Waals surface area contributed by atoms with Crippen LogP contribution in [-0.2, 0) is 12.8 Å². The van der Waals surface area contributed by atoms with Crippen LogP contribution in [0.15, 0.2) is 24.8 Å². The first kappa shape index (κ1) is 18.4. The number of aliphatic hydroxyl groups is 4. The number of allylic oxidation sites excluding steroid dienone is 1.